The largest absolute Gasteiger partial charge is 0.417 e. The summed E-state index contributed by atoms with van der Waals surface area (Å²) in [5.74, 6) is 5.55. The SMILES string of the molecule is C=C(C#CCCCC)c1ccccc1C(F)(F)F. The Balaban J connectivity index is 2.95. The first-order chi connectivity index (χ1) is 8.46. The number of rotatable bonds is 3. The molecule has 0 amide bonds. The molecule has 0 aromatic heterocycles. The van der Waals surface area contributed by atoms with Gasteiger partial charge in [0.05, 0.1) is 5.56 Å². The predicted octanol–water partition coefficient (Wildman–Crippen LogP) is 4.91. The van der Waals surface area contributed by atoms with Crippen molar-refractivity contribution in [2.24, 2.45) is 0 Å². The zero-order valence-corrected chi connectivity index (χ0v) is 10.3. The quantitative estimate of drug-likeness (QED) is 0.529. The maximum Gasteiger partial charge on any atom is 0.417 e. The molecular weight excluding hydrogens is 237 g/mol. The molecule has 0 heterocycles. The van der Waals surface area contributed by atoms with E-state index in [1.165, 1.54) is 12.1 Å². The molecule has 18 heavy (non-hydrogen) atoms. The fourth-order valence-corrected chi connectivity index (χ4v) is 1.50. The van der Waals surface area contributed by atoms with Gasteiger partial charge in [0, 0.05) is 17.6 Å². The van der Waals surface area contributed by atoms with Gasteiger partial charge < -0.3 is 0 Å². The van der Waals surface area contributed by atoms with E-state index in [0.29, 0.717) is 6.42 Å². The highest BCUT2D eigenvalue weighted by atomic mass is 19.4. The van der Waals surface area contributed by atoms with Gasteiger partial charge in [0.15, 0.2) is 0 Å². The van der Waals surface area contributed by atoms with Crippen molar-refractivity contribution in [3.05, 3.63) is 42.0 Å². The maximum absolute atomic E-state index is 12.8. The third kappa shape index (κ3) is 3.96. The predicted molar refractivity (Wildman–Crippen MR) is 67.8 cm³/mol. The minimum Gasteiger partial charge on any atom is -0.166 e. The highest BCUT2D eigenvalue weighted by molar-refractivity contribution is 5.79. The van der Waals surface area contributed by atoms with Gasteiger partial charge in [0.2, 0.25) is 0 Å². The van der Waals surface area contributed by atoms with Crippen LogP contribution in [0, 0.1) is 11.8 Å². The van der Waals surface area contributed by atoms with Crippen molar-refractivity contribution in [2.45, 2.75) is 32.4 Å². The summed E-state index contributed by atoms with van der Waals surface area (Å²) in [5, 5.41) is 0. The van der Waals surface area contributed by atoms with Crippen molar-refractivity contribution in [3.8, 4) is 11.8 Å². The molecule has 96 valence electrons. The van der Waals surface area contributed by atoms with Crippen molar-refractivity contribution in [2.75, 3.05) is 0 Å². The average molecular weight is 252 g/mol. The molecule has 0 bridgehead atoms. The van der Waals surface area contributed by atoms with Crippen LogP contribution in [0.25, 0.3) is 5.57 Å². The molecular formula is C15H15F3. The van der Waals surface area contributed by atoms with Gasteiger partial charge in [-0.3, -0.25) is 0 Å². The summed E-state index contributed by atoms with van der Waals surface area (Å²) in [5.41, 5.74) is -0.396. The summed E-state index contributed by atoms with van der Waals surface area (Å²) in [4.78, 5) is 0. The van der Waals surface area contributed by atoms with Crippen molar-refractivity contribution in [3.63, 3.8) is 0 Å². The van der Waals surface area contributed by atoms with E-state index >= 15 is 0 Å². The average Bonchev–Trinajstić information content (AvgIpc) is 2.33. The fourth-order valence-electron chi connectivity index (χ4n) is 1.50. The van der Waals surface area contributed by atoms with Gasteiger partial charge in [-0.05, 0) is 12.5 Å². The van der Waals surface area contributed by atoms with Crippen molar-refractivity contribution in [1.29, 1.82) is 0 Å². The van der Waals surface area contributed by atoms with Crippen molar-refractivity contribution < 1.29 is 13.2 Å². The molecule has 1 aromatic rings. The Bertz CT molecular complexity index is 472. The summed E-state index contributed by atoms with van der Waals surface area (Å²) < 4.78 is 38.3. The van der Waals surface area contributed by atoms with E-state index < -0.39 is 11.7 Å². The molecule has 0 fully saturated rings. The fraction of sp³-hybridized carbons (Fsp3) is 0.333. The van der Waals surface area contributed by atoms with Crippen molar-refractivity contribution in [1.82, 2.24) is 0 Å². The van der Waals surface area contributed by atoms with Crippen LogP contribution < -0.4 is 0 Å². The van der Waals surface area contributed by atoms with Crippen LogP contribution in [-0.2, 0) is 6.18 Å². The molecule has 0 spiro atoms. The molecule has 1 rings (SSSR count). The summed E-state index contributed by atoms with van der Waals surface area (Å²) in [6.45, 7) is 5.66. The van der Waals surface area contributed by atoms with Crippen molar-refractivity contribution >= 4 is 5.57 Å². The minimum atomic E-state index is -4.37. The molecule has 0 saturated carbocycles. The van der Waals surface area contributed by atoms with Crippen LogP contribution in [0.5, 0.6) is 0 Å². The first kappa shape index (κ1) is 14.4. The smallest absolute Gasteiger partial charge is 0.166 e. The second-order valence-electron chi connectivity index (χ2n) is 3.93. The number of allylic oxidation sites excluding steroid dienone is 1. The molecule has 0 aliphatic carbocycles. The maximum atomic E-state index is 12.8. The molecule has 0 saturated heterocycles. The van der Waals surface area contributed by atoms with E-state index in [1.807, 2.05) is 6.92 Å². The van der Waals surface area contributed by atoms with Gasteiger partial charge in [-0.2, -0.15) is 13.2 Å². The van der Waals surface area contributed by atoms with Gasteiger partial charge in [0.25, 0.3) is 0 Å². The first-order valence-corrected chi connectivity index (χ1v) is 5.81. The highest BCUT2D eigenvalue weighted by Gasteiger charge is 2.33. The zero-order chi connectivity index (χ0) is 13.6. The van der Waals surface area contributed by atoms with Crippen LogP contribution in [0.4, 0.5) is 13.2 Å². The summed E-state index contributed by atoms with van der Waals surface area (Å²) in [6, 6.07) is 5.38. The number of hydrogen-bond acceptors (Lipinski definition) is 0. The molecule has 0 atom stereocenters. The van der Waals surface area contributed by atoms with Crippen LogP contribution in [0.3, 0.4) is 0 Å². The standard InChI is InChI=1S/C15H15F3/c1-3-4-5-6-9-12(2)13-10-7-8-11-14(13)15(16,17)18/h7-8,10-11H,2-5H2,1H3. The van der Waals surface area contributed by atoms with Crippen LogP contribution in [0.2, 0.25) is 0 Å². The highest BCUT2D eigenvalue weighted by Crippen LogP contribution is 2.34. The third-order valence-corrected chi connectivity index (χ3v) is 2.45. The molecule has 1 aromatic carbocycles. The van der Waals surface area contributed by atoms with Crippen LogP contribution in [0.15, 0.2) is 30.8 Å². The normalized spacial score (nSPS) is 10.7. The summed E-state index contributed by atoms with van der Waals surface area (Å²) in [7, 11) is 0. The lowest BCUT2D eigenvalue weighted by atomic mass is 10.0. The Hall–Kier alpha value is -1.69. The Morgan fingerprint density at radius 2 is 1.94 bits per heavy atom. The molecule has 0 nitrogen and oxygen atoms in total. The van der Waals surface area contributed by atoms with Gasteiger partial charge in [-0.1, -0.05) is 50.0 Å². The Kier molecular flexibility index (Phi) is 5.03. The second-order valence-corrected chi connectivity index (χ2v) is 3.93. The first-order valence-electron chi connectivity index (χ1n) is 5.81. The zero-order valence-electron chi connectivity index (χ0n) is 10.3. The monoisotopic (exact) mass is 252 g/mol. The lowest BCUT2D eigenvalue weighted by Gasteiger charge is -2.11. The topological polar surface area (TPSA) is 0 Å². The lowest BCUT2D eigenvalue weighted by Crippen LogP contribution is -2.08. The van der Waals surface area contributed by atoms with Crippen LogP contribution in [-0.4, -0.2) is 0 Å². The van der Waals surface area contributed by atoms with E-state index in [4.69, 9.17) is 0 Å². The lowest BCUT2D eigenvalue weighted by molar-refractivity contribution is -0.137. The molecule has 0 aliphatic heterocycles. The molecule has 0 radical (unpaired) electrons. The number of halogens is 3. The Labute approximate surface area is 106 Å². The molecule has 3 heteroatoms. The van der Waals surface area contributed by atoms with E-state index in [0.717, 1.165) is 18.9 Å². The second kappa shape index (κ2) is 6.30. The number of hydrogen-bond donors (Lipinski definition) is 0. The van der Waals surface area contributed by atoms with E-state index in [2.05, 4.69) is 18.4 Å². The Morgan fingerprint density at radius 3 is 2.56 bits per heavy atom. The van der Waals surface area contributed by atoms with Gasteiger partial charge >= 0.3 is 6.18 Å². The Morgan fingerprint density at radius 1 is 1.28 bits per heavy atom. The minimum absolute atomic E-state index is 0.0639. The van der Waals surface area contributed by atoms with Gasteiger partial charge in [-0.15, -0.1) is 0 Å². The van der Waals surface area contributed by atoms with E-state index in [-0.39, 0.29) is 11.1 Å². The van der Waals surface area contributed by atoms with Crippen LogP contribution >= 0.6 is 0 Å². The van der Waals surface area contributed by atoms with E-state index in [1.54, 1.807) is 6.07 Å². The molecule has 0 N–H and O–H groups in total. The van der Waals surface area contributed by atoms with Crippen LogP contribution in [0.1, 0.15) is 37.3 Å². The van der Waals surface area contributed by atoms with Gasteiger partial charge in [0.1, 0.15) is 0 Å². The molecule has 0 unspecified atom stereocenters. The van der Waals surface area contributed by atoms with E-state index in [9.17, 15) is 13.2 Å². The number of unbranched alkanes of at least 4 members (excludes halogenated alkanes) is 2. The summed E-state index contributed by atoms with van der Waals surface area (Å²) >= 11 is 0. The van der Waals surface area contributed by atoms with Gasteiger partial charge in [-0.25, -0.2) is 0 Å². The third-order valence-electron chi connectivity index (χ3n) is 2.45. The molecule has 0 aliphatic rings. The number of benzene rings is 1. The summed E-state index contributed by atoms with van der Waals surface area (Å²) in [6.07, 6.45) is -1.73. The number of alkyl halides is 3.